The monoisotopic (exact) mass is 392 g/mol. The Kier molecular flexibility index (Phi) is 5.65. The summed E-state index contributed by atoms with van der Waals surface area (Å²) >= 11 is 5.98. The number of nitrogens with one attached hydrogen (secondary N) is 1. The molecule has 2 aromatic carbocycles. The summed E-state index contributed by atoms with van der Waals surface area (Å²) in [4.78, 5) is 12.9. The maximum Gasteiger partial charge on any atom is 0.239 e. The predicted molar refractivity (Wildman–Crippen MR) is 102 cm³/mol. The molecule has 0 radical (unpaired) electrons. The fourth-order valence-electron chi connectivity index (χ4n) is 3.30. The maximum absolute atomic E-state index is 12.9. The third kappa shape index (κ3) is 4.26. The molecule has 1 saturated heterocycles. The number of benzene rings is 2. The van der Waals surface area contributed by atoms with Crippen molar-refractivity contribution in [2.24, 2.45) is 0 Å². The molecule has 138 valence electrons. The van der Waals surface area contributed by atoms with Crippen molar-refractivity contribution < 1.29 is 13.2 Å². The van der Waals surface area contributed by atoms with Gasteiger partial charge in [0.2, 0.25) is 15.9 Å². The van der Waals surface area contributed by atoms with Crippen LogP contribution in [0.5, 0.6) is 0 Å². The second-order valence-electron chi connectivity index (χ2n) is 6.44. The third-order valence-electron chi connectivity index (χ3n) is 4.56. The molecule has 0 aliphatic carbocycles. The molecule has 2 aromatic rings. The first-order valence-corrected chi connectivity index (χ1v) is 10.7. The number of nitrogens with zero attached hydrogens (tertiary/aromatic N) is 1. The van der Waals surface area contributed by atoms with Crippen LogP contribution in [-0.2, 0) is 14.8 Å². The fraction of sp³-hybridized carbons (Fsp3) is 0.316. The second kappa shape index (κ2) is 7.78. The zero-order valence-corrected chi connectivity index (χ0v) is 16.0. The quantitative estimate of drug-likeness (QED) is 0.850. The minimum absolute atomic E-state index is 0.281. The third-order valence-corrected chi connectivity index (χ3v) is 6.10. The Balaban J connectivity index is 1.88. The van der Waals surface area contributed by atoms with Crippen molar-refractivity contribution in [3.63, 3.8) is 0 Å². The van der Waals surface area contributed by atoms with Gasteiger partial charge in [-0.05, 0) is 36.1 Å². The van der Waals surface area contributed by atoms with E-state index in [2.05, 4.69) is 5.32 Å². The van der Waals surface area contributed by atoms with Crippen LogP contribution in [0.2, 0.25) is 5.02 Å². The van der Waals surface area contributed by atoms with E-state index in [9.17, 15) is 13.2 Å². The minimum Gasteiger partial charge on any atom is -0.344 e. The summed E-state index contributed by atoms with van der Waals surface area (Å²) in [5, 5.41) is 3.64. The van der Waals surface area contributed by atoms with Gasteiger partial charge in [-0.15, -0.1) is 0 Å². The van der Waals surface area contributed by atoms with Gasteiger partial charge in [-0.1, -0.05) is 54.1 Å². The Bertz CT molecular complexity index is 869. The van der Waals surface area contributed by atoms with Crippen molar-refractivity contribution in [3.05, 3.63) is 70.7 Å². The smallest absolute Gasteiger partial charge is 0.239 e. The van der Waals surface area contributed by atoms with E-state index in [1.54, 1.807) is 12.1 Å². The normalized spacial score (nSPS) is 19.2. The summed E-state index contributed by atoms with van der Waals surface area (Å²) in [5.41, 5.74) is 1.81. The fourth-order valence-corrected chi connectivity index (χ4v) is 4.55. The average Bonchev–Trinajstić information content (AvgIpc) is 3.11. The van der Waals surface area contributed by atoms with Crippen LogP contribution in [0.15, 0.2) is 54.6 Å². The Hall–Kier alpha value is -1.89. The highest BCUT2D eigenvalue weighted by Crippen LogP contribution is 2.26. The largest absolute Gasteiger partial charge is 0.344 e. The van der Waals surface area contributed by atoms with Gasteiger partial charge < -0.3 is 5.32 Å². The van der Waals surface area contributed by atoms with E-state index in [4.69, 9.17) is 11.6 Å². The summed E-state index contributed by atoms with van der Waals surface area (Å²) in [6.45, 7) is 0.383. The molecule has 1 N–H and O–H groups in total. The molecule has 1 heterocycles. The maximum atomic E-state index is 12.9. The lowest BCUT2D eigenvalue weighted by molar-refractivity contribution is -0.124. The molecule has 0 bridgehead atoms. The van der Waals surface area contributed by atoms with Crippen molar-refractivity contribution in [3.8, 4) is 0 Å². The molecule has 26 heavy (non-hydrogen) atoms. The topological polar surface area (TPSA) is 66.5 Å². The lowest BCUT2D eigenvalue weighted by atomic mass is 9.98. The molecule has 7 heteroatoms. The Labute approximate surface area is 159 Å². The van der Waals surface area contributed by atoms with Gasteiger partial charge in [0.25, 0.3) is 0 Å². The van der Waals surface area contributed by atoms with Gasteiger partial charge in [-0.25, -0.2) is 8.42 Å². The van der Waals surface area contributed by atoms with E-state index in [1.807, 2.05) is 42.5 Å². The zero-order valence-electron chi connectivity index (χ0n) is 14.4. The van der Waals surface area contributed by atoms with Gasteiger partial charge in [0.1, 0.15) is 6.04 Å². The molecular weight excluding hydrogens is 372 g/mol. The van der Waals surface area contributed by atoms with Crippen molar-refractivity contribution in [1.29, 1.82) is 0 Å². The first-order valence-electron chi connectivity index (χ1n) is 8.44. The van der Waals surface area contributed by atoms with E-state index >= 15 is 0 Å². The van der Waals surface area contributed by atoms with Crippen LogP contribution >= 0.6 is 11.6 Å². The molecule has 1 aliphatic heterocycles. The molecule has 1 fully saturated rings. The van der Waals surface area contributed by atoms with Crippen molar-refractivity contribution in [2.75, 3.05) is 12.8 Å². The molecule has 1 aliphatic rings. The number of halogens is 1. The van der Waals surface area contributed by atoms with Crippen LogP contribution in [0, 0.1) is 0 Å². The molecule has 1 amide bonds. The lowest BCUT2D eigenvalue weighted by Gasteiger charge is -2.25. The number of carbonyl (C=O) groups excluding carboxylic acids is 1. The highest BCUT2D eigenvalue weighted by atomic mass is 35.5. The number of hydrogen-bond donors (Lipinski definition) is 1. The molecule has 3 rings (SSSR count). The summed E-state index contributed by atoms with van der Waals surface area (Å²) in [6.07, 6.45) is 2.36. The number of rotatable bonds is 5. The summed E-state index contributed by atoms with van der Waals surface area (Å²) in [5.74, 6) is -0.281. The van der Waals surface area contributed by atoms with Gasteiger partial charge in [0, 0.05) is 11.6 Å². The molecule has 0 spiro atoms. The Morgan fingerprint density at radius 1 is 1.12 bits per heavy atom. The molecule has 0 saturated carbocycles. The van der Waals surface area contributed by atoms with E-state index in [0.29, 0.717) is 24.4 Å². The van der Waals surface area contributed by atoms with E-state index in [0.717, 1.165) is 17.4 Å². The van der Waals surface area contributed by atoms with Crippen LogP contribution in [-0.4, -0.2) is 37.5 Å². The standard InChI is InChI=1S/C19H21ClN2O3S/c1-26(24,25)22-13-5-8-17(22)19(23)21-18(14-6-3-2-4-7-14)15-9-11-16(20)12-10-15/h2-4,6-7,9-12,17-18H,5,8,13H2,1H3,(H,21,23)/t17-,18-/m1/s1. The van der Waals surface area contributed by atoms with E-state index in [-0.39, 0.29) is 11.9 Å². The van der Waals surface area contributed by atoms with Gasteiger partial charge in [0.15, 0.2) is 0 Å². The molecular formula is C19H21ClN2O3S. The van der Waals surface area contributed by atoms with Crippen molar-refractivity contribution in [1.82, 2.24) is 9.62 Å². The predicted octanol–water partition coefficient (Wildman–Crippen LogP) is 2.97. The van der Waals surface area contributed by atoms with Gasteiger partial charge in [0.05, 0.1) is 12.3 Å². The summed E-state index contributed by atoms with van der Waals surface area (Å²) in [6, 6.07) is 15.8. The zero-order chi connectivity index (χ0) is 18.7. The Morgan fingerprint density at radius 3 is 2.35 bits per heavy atom. The number of sulfonamides is 1. The van der Waals surface area contributed by atoms with Crippen LogP contribution < -0.4 is 5.32 Å². The van der Waals surface area contributed by atoms with Crippen molar-refractivity contribution >= 4 is 27.5 Å². The Morgan fingerprint density at radius 2 is 1.73 bits per heavy atom. The second-order valence-corrected chi connectivity index (χ2v) is 8.81. The van der Waals surface area contributed by atoms with Crippen LogP contribution in [0.4, 0.5) is 0 Å². The highest BCUT2D eigenvalue weighted by Gasteiger charge is 2.37. The van der Waals surface area contributed by atoms with Crippen LogP contribution in [0.25, 0.3) is 0 Å². The van der Waals surface area contributed by atoms with E-state index in [1.165, 1.54) is 4.31 Å². The number of amides is 1. The summed E-state index contributed by atoms with van der Waals surface area (Å²) < 4.78 is 25.2. The molecule has 0 aromatic heterocycles. The average molecular weight is 393 g/mol. The summed E-state index contributed by atoms with van der Waals surface area (Å²) in [7, 11) is -3.41. The molecule has 0 unspecified atom stereocenters. The number of hydrogen-bond acceptors (Lipinski definition) is 3. The minimum atomic E-state index is -3.41. The van der Waals surface area contributed by atoms with Gasteiger partial charge in [-0.3, -0.25) is 4.79 Å². The van der Waals surface area contributed by atoms with Crippen LogP contribution in [0.1, 0.15) is 30.0 Å². The SMILES string of the molecule is CS(=O)(=O)N1CCC[C@@H]1C(=O)N[C@H](c1ccccc1)c1ccc(Cl)cc1. The van der Waals surface area contributed by atoms with Crippen LogP contribution in [0.3, 0.4) is 0 Å². The first-order chi connectivity index (χ1) is 12.4. The van der Waals surface area contributed by atoms with Gasteiger partial charge >= 0.3 is 0 Å². The lowest BCUT2D eigenvalue weighted by Crippen LogP contribution is -2.46. The van der Waals surface area contributed by atoms with Gasteiger partial charge in [-0.2, -0.15) is 4.31 Å². The number of carbonyl (C=O) groups is 1. The molecule has 5 nitrogen and oxygen atoms in total. The molecule has 2 atom stereocenters. The highest BCUT2D eigenvalue weighted by molar-refractivity contribution is 7.88. The van der Waals surface area contributed by atoms with Crippen molar-refractivity contribution in [2.45, 2.75) is 24.9 Å². The first kappa shape index (κ1) is 18.9. The van der Waals surface area contributed by atoms with E-state index < -0.39 is 16.1 Å².